The highest BCUT2D eigenvalue weighted by molar-refractivity contribution is 7.89. The van der Waals surface area contributed by atoms with Crippen LogP contribution in [0.3, 0.4) is 0 Å². The number of aliphatic hydroxyl groups excluding tert-OH is 1. The van der Waals surface area contributed by atoms with Crippen molar-refractivity contribution in [2.75, 3.05) is 39.8 Å². The van der Waals surface area contributed by atoms with E-state index in [1.807, 2.05) is 91.0 Å². The molecule has 2 aliphatic heterocycles. The maximum Gasteiger partial charge on any atom is 0.407 e. The summed E-state index contributed by atoms with van der Waals surface area (Å²) in [5.74, 6) is 0.350. The number of benzene rings is 4. The molecule has 5 unspecified atom stereocenters. The number of nitrogens with one attached hydrogen (secondary N) is 1. The first-order valence-corrected chi connectivity index (χ1v) is 22.7. The molecule has 0 spiro atoms. The fourth-order valence-electron chi connectivity index (χ4n) is 6.83. The highest BCUT2D eigenvalue weighted by Crippen LogP contribution is 2.50. The standard InChI is InChI=1S/C43H53N2O12PS/c1-43(2,54-31-58(48,55-27-33-15-9-5-10-16-33)56-28-34-17-11-6-12-18-34)30-45(59(49,50)36-21-19-35(51-3)20-22-36)26-39(46)38(25-32-13-7-4-8-14-32)44-42(47)57-40-29-53-41-37(40)23-24-52-41/h4-22,37-41,46H,23-31H2,1-3H3,(H,44,47). The molecule has 318 valence electrons. The summed E-state index contributed by atoms with van der Waals surface area (Å²) in [6.07, 6.45) is -2.84. The summed E-state index contributed by atoms with van der Waals surface area (Å²) < 4.78 is 84.6. The number of carbonyl (C=O) groups excluding carboxylic acids is 1. The van der Waals surface area contributed by atoms with E-state index in [0.29, 0.717) is 18.8 Å². The summed E-state index contributed by atoms with van der Waals surface area (Å²) in [4.78, 5) is 13.3. The van der Waals surface area contributed by atoms with Crippen LogP contribution in [0.5, 0.6) is 5.75 Å². The van der Waals surface area contributed by atoms with Crippen molar-refractivity contribution in [2.45, 2.75) is 74.9 Å². The van der Waals surface area contributed by atoms with Gasteiger partial charge in [0, 0.05) is 13.1 Å². The number of alkyl carbamates (subject to hydrolysis) is 1. The summed E-state index contributed by atoms with van der Waals surface area (Å²) in [5.41, 5.74) is 1.03. The Balaban J connectivity index is 1.22. The second-order valence-corrected chi connectivity index (χ2v) is 19.0. The minimum Gasteiger partial charge on any atom is -0.497 e. The highest BCUT2D eigenvalue weighted by atomic mass is 32.2. The zero-order chi connectivity index (χ0) is 41.9. The number of rotatable bonds is 21. The molecule has 4 aromatic carbocycles. The van der Waals surface area contributed by atoms with Crippen molar-refractivity contribution in [3.05, 3.63) is 132 Å². The van der Waals surface area contributed by atoms with Gasteiger partial charge < -0.3 is 43.2 Å². The van der Waals surface area contributed by atoms with Crippen LogP contribution in [0.4, 0.5) is 4.79 Å². The Labute approximate surface area is 346 Å². The topological polar surface area (TPSA) is 168 Å². The number of nitrogens with zero attached hydrogens (tertiary/aromatic N) is 1. The molecule has 5 atom stereocenters. The largest absolute Gasteiger partial charge is 0.497 e. The first kappa shape index (κ1) is 44.4. The summed E-state index contributed by atoms with van der Waals surface area (Å²) in [7, 11) is -6.80. The normalized spacial score (nSPS) is 19.2. The molecular weight excluding hydrogens is 800 g/mol. The molecule has 2 heterocycles. The van der Waals surface area contributed by atoms with Crippen LogP contribution in [0.2, 0.25) is 0 Å². The van der Waals surface area contributed by atoms with Gasteiger partial charge in [-0.15, -0.1) is 0 Å². The van der Waals surface area contributed by atoms with Crippen LogP contribution in [0, 0.1) is 5.92 Å². The van der Waals surface area contributed by atoms with Gasteiger partial charge in [0.25, 0.3) is 0 Å². The molecule has 0 radical (unpaired) electrons. The molecule has 1 amide bonds. The number of aliphatic hydroxyl groups is 1. The lowest BCUT2D eigenvalue weighted by Gasteiger charge is -2.35. The van der Waals surface area contributed by atoms with E-state index < -0.39 is 66.7 Å². The molecule has 0 bridgehead atoms. The number of sulfonamides is 1. The minimum absolute atomic E-state index is 0.0120. The van der Waals surface area contributed by atoms with E-state index in [9.17, 15) is 22.9 Å². The van der Waals surface area contributed by atoms with Gasteiger partial charge in [-0.2, -0.15) is 4.31 Å². The van der Waals surface area contributed by atoms with E-state index in [1.165, 1.54) is 31.4 Å². The second kappa shape index (κ2) is 20.4. The molecule has 0 aromatic heterocycles. The molecule has 2 aliphatic rings. The summed E-state index contributed by atoms with van der Waals surface area (Å²) in [5, 5.41) is 14.7. The van der Waals surface area contributed by atoms with Crippen molar-refractivity contribution >= 4 is 23.7 Å². The average Bonchev–Trinajstić information content (AvgIpc) is 3.87. The van der Waals surface area contributed by atoms with Crippen LogP contribution in [0.25, 0.3) is 0 Å². The summed E-state index contributed by atoms with van der Waals surface area (Å²) >= 11 is 0. The van der Waals surface area contributed by atoms with Gasteiger partial charge in [-0.3, -0.25) is 4.57 Å². The fourth-order valence-corrected chi connectivity index (χ4v) is 9.86. The van der Waals surface area contributed by atoms with Gasteiger partial charge in [-0.05, 0) is 67.6 Å². The first-order valence-electron chi connectivity index (χ1n) is 19.5. The third-order valence-corrected chi connectivity index (χ3v) is 13.4. The number of methoxy groups -OCH3 is 1. The van der Waals surface area contributed by atoms with Crippen LogP contribution in [-0.2, 0) is 62.2 Å². The molecule has 59 heavy (non-hydrogen) atoms. The number of hydrogen-bond acceptors (Lipinski definition) is 12. The van der Waals surface area contributed by atoms with Crippen molar-refractivity contribution < 1.29 is 55.6 Å². The van der Waals surface area contributed by atoms with Gasteiger partial charge in [-0.25, -0.2) is 13.2 Å². The molecule has 0 aliphatic carbocycles. The third kappa shape index (κ3) is 12.7. The zero-order valence-electron chi connectivity index (χ0n) is 33.5. The Morgan fingerprint density at radius 1 is 0.881 bits per heavy atom. The molecule has 16 heteroatoms. The van der Waals surface area contributed by atoms with Crippen molar-refractivity contribution in [1.82, 2.24) is 9.62 Å². The number of carbonyl (C=O) groups is 1. The highest BCUT2D eigenvalue weighted by Gasteiger charge is 2.44. The fraction of sp³-hybridized carbons (Fsp3) is 0.419. The van der Waals surface area contributed by atoms with Gasteiger partial charge >= 0.3 is 13.7 Å². The van der Waals surface area contributed by atoms with Crippen molar-refractivity contribution in [2.24, 2.45) is 5.92 Å². The van der Waals surface area contributed by atoms with Crippen molar-refractivity contribution in [3.8, 4) is 5.75 Å². The van der Waals surface area contributed by atoms with Gasteiger partial charge in [0.1, 0.15) is 18.2 Å². The van der Waals surface area contributed by atoms with Crippen LogP contribution in [0.1, 0.15) is 37.0 Å². The zero-order valence-corrected chi connectivity index (χ0v) is 35.2. The van der Waals surface area contributed by atoms with E-state index in [2.05, 4.69) is 5.32 Å². The summed E-state index contributed by atoms with van der Waals surface area (Å²) in [6.45, 7) is 3.19. The maximum absolute atomic E-state index is 14.5. The van der Waals surface area contributed by atoms with Crippen LogP contribution < -0.4 is 10.1 Å². The van der Waals surface area contributed by atoms with Gasteiger partial charge in [-0.1, -0.05) is 91.0 Å². The molecule has 0 saturated carbocycles. The average molecular weight is 853 g/mol. The lowest BCUT2D eigenvalue weighted by Crippen LogP contribution is -2.53. The molecule has 14 nitrogen and oxygen atoms in total. The Bertz CT molecular complexity index is 2030. The molecular formula is C43H53N2O12PS. The molecule has 6 rings (SSSR count). The van der Waals surface area contributed by atoms with Crippen LogP contribution in [0.15, 0.2) is 120 Å². The molecule has 2 fully saturated rings. The Kier molecular flexibility index (Phi) is 15.4. The molecule has 2 saturated heterocycles. The smallest absolute Gasteiger partial charge is 0.407 e. The Hall–Kier alpha value is -4.15. The van der Waals surface area contributed by atoms with E-state index in [0.717, 1.165) is 21.0 Å². The predicted octanol–water partition coefficient (Wildman–Crippen LogP) is 6.53. The second-order valence-electron chi connectivity index (χ2n) is 15.1. The monoisotopic (exact) mass is 852 g/mol. The minimum atomic E-state index is -4.33. The van der Waals surface area contributed by atoms with Crippen molar-refractivity contribution in [1.29, 1.82) is 0 Å². The van der Waals surface area contributed by atoms with Gasteiger partial charge in [0.15, 0.2) is 6.29 Å². The van der Waals surface area contributed by atoms with Gasteiger partial charge in [0.05, 0.1) is 62.1 Å². The number of fused-ring (bicyclic) bond motifs is 1. The number of ether oxygens (including phenoxy) is 5. The summed E-state index contributed by atoms with van der Waals surface area (Å²) in [6, 6.07) is 32.5. The SMILES string of the molecule is COc1ccc(S(=O)(=O)N(CC(O)C(Cc2ccccc2)NC(=O)OC2COC3OCCC23)CC(C)(C)OCP(=O)(OCc2ccccc2)OCc2ccccc2)cc1. The Morgan fingerprint density at radius 2 is 1.46 bits per heavy atom. The molecule has 2 N–H and O–H groups in total. The molecule has 4 aromatic rings. The van der Waals surface area contributed by atoms with Crippen LogP contribution >= 0.6 is 7.60 Å². The third-order valence-electron chi connectivity index (χ3n) is 10.1. The quantitative estimate of drug-likeness (QED) is 0.0872. The van der Waals surface area contributed by atoms with Crippen molar-refractivity contribution in [3.63, 3.8) is 0 Å². The van der Waals surface area contributed by atoms with E-state index in [-0.39, 0.29) is 43.6 Å². The van der Waals surface area contributed by atoms with Crippen LogP contribution in [-0.4, -0.2) is 93.8 Å². The number of hydrogen-bond donors (Lipinski definition) is 2. The van der Waals surface area contributed by atoms with E-state index >= 15 is 0 Å². The lowest BCUT2D eigenvalue weighted by atomic mass is 10.0. The van der Waals surface area contributed by atoms with E-state index in [1.54, 1.807) is 13.8 Å². The number of amides is 1. The first-order chi connectivity index (χ1) is 28.3. The lowest BCUT2D eigenvalue weighted by molar-refractivity contribution is -0.0907. The Morgan fingerprint density at radius 3 is 2.03 bits per heavy atom. The predicted molar refractivity (Wildman–Crippen MR) is 219 cm³/mol. The van der Waals surface area contributed by atoms with E-state index in [4.69, 9.17) is 32.7 Å². The van der Waals surface area contributed by atoms with Gasteiger partial charge in [0.2, 0.25) is 10.0 Å². The maximum atomic E-state index is 14.5.